The standard InChI is InChI=1S/C15H19N3O3/c1-10-3-5-11(6-4-10)16-14(20)9-18(2)15(21)12-7-8-13(19)17-12/h3-6,12H,7-9H2,1-2H3,(H,16,20)(H,17,19)/t12-/m1/s1. The molecule has 1 heterocycles. The number of nitrogens with one attached hydrogen (secondary N) is 2. The van der Waals surface area contributed by atoms with Crippen LogP contribution in [0.15, 0.2) is 24.3 Å². The SMILES string of the molecule is Cc1ccc(NC(=O)CN(C)C(=O)[C@H]2CCC(=O)N2)cc1. The predicted octanol–water partition coefficient (Wildman–Crippen LogP) is 0.671. The number of amides is 3. The van der Waals surface area contributed by atoms with Crippen LogP contribution in [0.25, 0.3) is 0 Å². The number of benzene rings is 1. The normalized spacial score (nSPS) is 17.2. The number of carbonyl (C=O) groups excluding carboxylic acids is 3. The molecule has 1 fully saturated rings. The molecular formula is C15H19N3O3. The van der Waals surface area contributed by atoms with Crippen molar-refractivity contribution in [2.75, 3.05) is 18.9 Å². The molecule has 1 aromatic carbocycles. The molecule has 0 bridgehead atoms. The molecule has 0 aliphatic carbocycles. The fourth-order valence-electron chi connectivity index (χ4n) is 2.20. The molecular weight excluding hydrogens is 270 g/mol. The molecule has 6 heteroatoms. The molecule has 0 saturated carbocycles. The van der Waals surface area contributed by atoms with Gasteiger partial charge in [-0.1, -0.05) is 17.7 Å². The van der Waals surface area contributed by atoms with E-state index in [1.54, 1.807) is 7.05 Å². The van der Waals surface area contributed by atoms with E-state index in [1.165, 1.54) is 4.90 Å². The van der Waals surface area contributed by atoms with Crippen molar-refractivity contribution in [3.8, 4) is 0 Å². The van der Waals surface area contributed by atoms with E-state index in [4.69, 9.17) is 0 Å². The molecule has 1 aliphatic heterocycles. The molecule has 1 aromatic rings. The molecule has 2 rings (SSSR count). The van der Waals surface area contributed by atoms with Crippen LogP contribution in [0.3, 0.4) is 0 Å². The Kier molecular flexibility index (Phi) is 4.57. The predicted molar refractivity (Wildman–Crippen MR) is 78.6 cm³/mol. The highest BCUT2D eigenvalue weighted by molar-refractivity contribution is 5.96. The van der Waals surface area contributed by atoms with E-state index in [2.05, 4.69) is 10.6 Å². The Labute approximate surface area is 123 Å². The van der Waals surface area contributed by atoms with Crippen molar-refractivity contribution in [2.45, 2.75) is 25.8 Å². The summed E-state index contributed by atoms with van der Waals surface area (Å²) >= 11 is 0. The van der Waals surface area contributed by atoms with Crippen LogP contribution in [-0.2, 0) is 14.4 Å². The maximum absolute atomic E-state index is 12.1. The highest BCUT2D eigenvalue weighted by Crippen LogP contribution is 2.10. The second-order valence-electron chi connectivity index (χ2n) is 5.27. The van der Waals surface area contributed by atoms with Crippen LogP contribution in [0.2, 0.25) is 0 Å². The molecule has 6 nitrogen and oxygen atoms in total. The van der Waals surface area contributed by atoms with Gasteiger partial charge in [0.15, 0.2) is 0 Å². The molecule has 21 heavy (non-hydrogen) atoms. The van der Waals surface area contributed by atoms with Crippen LogP contribution >= 0.6 is 0 Å². The first-order chi connectivity index (χ1) is 9.95. The van der Waals surface area contributed by atoms with E-state index < -0.39 is 6.04 Å². The zero-order chi connectivity index (χ0) is 15.4. The number of anilines is 1. The van der Waals surface area contributed by atoms with Gasteiger partial charge in [-0.15, -0.1) is 0 Å². The Hall–Kier alpha value is -2.37. The Morgan fingerprint density at radius 3 is 2.57 bits per heavy atom. The number of nitrogens with zero attached hydrogens (tertiary/aromatic N) is 1. The molecule has 0 aromatic heterocycles. The van der Waals surface area contributed by atoms with Crippen LogP contribution in [0.4, 0.5) is 5.69 Å². The average molecular weight is 289 g/mol. The number of hydrogen-bond donors (Lipinski definition) is 2. The van der Waals surface area contributed by atoms with Gasteiger partial charge in [-0.05, 0) is 25.5 Å². The van der Waals surface area contributed by atoms with Crippen LogP contribution in [0.5, 0.6) is 0 Å². The van der Waals surface area contributed by atoms with Gasteiger partial charge in [0.25, 0.3) is 0 Å². The van der Waals surface area contributed by atoms with Crippen LogP contribution in [0, 0.1) is 6.92 Å². The quantitative estimate of drug-likeness (QED) is 0.855. The van der Waals surface area contributed by atoms with Gasteiger partial charge in [0, 0.05) is 19.2 Å². The summed E-state index contributed by atoms with van der Waals surface area (Å²) in [5.41, 5.74) is 1.80. The van der Waals surface area contributed by atoms with Crippen molar-refractivity contribution in [3.05, 3.63) is 29.8 Å². The summed E-state index contributed by atoms with van der Waals surface area (Å²) in [4.78, 5) is 36.4. The first-order valence-electron chi connectivity index (χ1n) is 6.86. The van der Waals surface area contributed by atoms with Gasteiger partial charge in [0.2, 0.25) is 17.7 Å². The third-order valence-electron chi connectivity index (χ3n) is 3.39. The Morgan fingerprint density at radius 1 is 1.33 bits per heavy atom. The van der Waals surface area contributed by atoms with E-state index >= 15 is 0 Å². The van der Waals surface area contributed by atoms with E-state index in [1.807, 2.05) is 31.2 Å². The summed E-state index contributed by atoms with van der Waals surface area (Å²) in [5, 5.41) is 5.34. The number of aryl methyl sites for hydroxylation is 1. The minimum Gasteiger partial charge on any atom is -0.344 e. The summed E-state index contributed by atoms with van der Waals surface area (Å²) < 4.78 is 0. The van der Waals surface area contributed by atoms with Gasteiger partial charge >= 0.3 is 0 Å². The van der Waals surface area contributed by atoms with E-state index in [0.29, 0.717) is 18.5 Å². The van der Waals surface area contributed by atoms with Gasteiger partial charge in [-0.3, -0.25) is 14.4 Å². The lowest BCUT2D eigenvalue weighted by Crippen LogP contribution is -2.45. The number of hydrogen-bond acceptors (Lipinski definition) is 3. The van der Waals surface area contributed by atoms with Gasteiger partial charge in [0.05, 0.1) is 6.54 Å². The van der Waals surface area contributed by atoms with Gasteiger partial charge in [0.1, 0.15) is 6.04 Å². The topological polar surface area (TPSA) is 78.5 Å². The molecule has 3 amide bonds. The highest BCUT2D eigenvalue weighted by Gasteiger charge is 2.29. The number of carbonyl (C=O) groups is 3. The molecule has 0 radical (unpaired) electrons. The van der Waals surface area contributed by atoms with Crippen molar-refractivity contribution in [3.63, 3.8) is 0 Å². The monoisotopic (exact) mass is 289 g/mol. The summed E-state index contributed by atoms with van der Waals surface area (Å²) in [5.74, 6) is -0.621. The Morgan fingerprint density at radius 2 is 2.00 bits per heavy atom. The fraction of sp³-hybridized carbons (Fsp3) is 0.400. The van der Waals surface area contributed by atoms with Crippen molar-refractivity contribution in [1.82, 2.24) is 10.2 Å². The minimum atomic E-state index is -0.505. The zero-order valence-electron chi connectivity index (χ0n) is 12.2. The van der Waals surface area contributed by atoms with Crippen molar-refractivity contribution in [1.29, 1.82) is 0 Å². The van der Waals surface area contributed by atoms with Crippen molar-refractivity contribution >= 4 is 23.4 Å². The highest BCUT2D eigenvalue weighted by atomic mass is 16.2. The third kappa shape index (κ3) is 4.05. The van der Waals surface area contributed by atoms with E-state index in [0.717, 1.165) is 5.56 Å². The first kappa shape index (κ1) is 15.0. The van der Waals surface area contributed by atoms with Crippen molar-refractivity contribution < 1.29 is 14.4 Å². The maximum atomic E-state index is 12.1. The number of likely N-dealkylation sites (N-methyl/N-ethyl adjacent to an activating group) is 1. The van der Waals surface area contributed by atoms with Gasteiger partial charge in [-0.2, -0.15) is 0 Å². The zero-order valence-corrected chi connectivity index (χ0v) is 12.2. The summed E-state index contributed by atoms with van der Waals surface area (Å²) in [6, 6.07) is 6.92. The second-order valence-corrected chi connectivity index (χ2v) is 5.27. The van der Waals surface area contributed by atoms with Crippen molar-refractivity contribution in [2.24, 2.45) is 0 Å². The van der Waals surface area contributed by atoms with E-state index in [-0.39, 0.29) is 24.3 Å². The minimum absolute atomic E-state index is 0.0426. The molecule has 1 saturated heterocycles. The summed E-state index contributed by atoms with van der Waals surface area (Å²) in [6.07, 6.45) is 0.849. The fourth-order valence-corrected chi connectivity index (χ4v) is 2.20. The largest absolute Gasteiger partial charge is 0.344 e. The Balaban J connectivity index is 1.85. The number of rotatable bonds is 4. The molecule has 1 atom stereocenters. The Bertz CT molecular complexity index is 554. The smallest absolute Gasteiger partial charge is 0.245 e. The van der Waals surface area contributed by atoms with Crippen LogP contribution in [-0.4, -0.2) is 42.3 Å². The molecule has 0 unspecified atom stereocenters. The average Bonchev–Trinajstić information content (AvgIpc) is 2.87. The molecule has 1 aliphatic rings. The molecule has 2 N–H and O–H groups in total. The van der Waals surface area contributed by atoms with Crippen LogP contribution in [0.1, 0.15) is 18.4 Å². The third-order valence-corrected chi connectivity index (χ3v) is 3.39. The van der Waals surface area contributed by atoms with Crippen LogP contribution < -0.4 is 10.6 Å². The second kappa shape index (κ2) is 6.39. The first-order valence-corrected chi connectivity index (χ1v) is 6.86. The summed E-state index contributed by atoms with van der Waals surface area (Å²) in [6.45, 7) is 1.92. The summed E-state index contributed by atoms with van der Waals surface area (Å²) in [7, 11) is 1.56. The lowest BCUT2D eigenvalue weighted by atomic mass is 10.2. The lowest BCUT2D eigenvalue weighted by Gasteiger charge is -2.20. The maximum Gasteiger partial charge on any atom is 0.245 e. The van der Waals surface area contributed by atoms with Gasteiger partial charge < -0.3 is 15.5 Å². The van der Waals surface area contributed by atoms with Gasteiger partial charge in [-0.25, -0.2) is 0 Å². The lowest BCUT2D eigenvalue weighted by molar-refractivity contribution is -0.135. The molecule has 0 spiro atoms. The van der Waals surface area contributed by atoms with E-state index in [9.17, 15) is 14.4 Å². The molecule has 112 valence electrons.